The van der Waals surface area contributed by atoms with E-state index in [4.69, 9.17) is 9.47 Å². The lowest BCUT2D eigenvalue weighted by Crippen LogP contribution is -2.49. The lowest BCUT2D eigenvalue weighted by atomic mass is 9.96. The third kappa shape index (κ3) is 6.76. The molecule has 38 heavy (non-hydrogen) atoms. The highest BCUT2D eigenvalue weighted by Crippen LogP contribution is 2.29. The second-order valence-corrected chi connectivity index (χ2v) is 9.81. The van der Waals surface area contributed by atoms with Gasteiger partial charge in [0.25, 0.3) is 0 Å². The van der Waals surface area contributed by atoms with Crippen molar-refractivity contribution in [2.24, 2.45) is 5.92 Å². The minimum Gasteiger partial charge on any atom is -0.457 e. The smallest absolute Gasteiger partial charge is 0.247 e. The molecular formula is C30H32FN3O4. The van der Waals surface area contributed by atoms with Crippen molar-refractivity contribution < 1.29 is 23.5 Å². The summed E-state index contributed by atoms with van der Waals surface area (Å²) >= 11 is 0. The van der Waals surface area contributed by atoms with Gasteiger partial charge < -0.3 is 19.7 Å². The van der Waals surface area contributed by atoms with Gasteiger partial charge in [0.2, 0.25) is 11.8 Å². The molecule has 2 heterocycles. The predicted octanol–water partition coefficient (Wildman–Crippen LogP) is 4.35. The second-order valence-electron chi connectivity index (χ2n) is 9.81. The number of halogens is 1. The Morgan fingerprint density at radius 1 is 0.921 bits per heavy atom. The summed E-state index contributed by atoms with van der Waals surface area (Å²) < 4.78 is 24.3. The maximum Gasteiger partial charge on any atom is 0.247 e. The van der Waals surface area contributed by atoms with Gasteiger partial charge in [0.15, 0.2) is 0 Å². The molecule has 2 amide bonds. The monoisotopic (exact) mass is 517 g/mol. The van der Waals surface area contributed by atoms with Gasteiger partial charge in [-0.2, -0.15) is 0 Å². The molecule has 8 heteroatoms. The number of hydrogen-bond donors (Lipinski definition) is 1. The molecule has 5 rings (SSSR count). The summed E-state index contributed by atoms with van der Waals surface area (Å²) in [5, 5.41) is 2.98. The first-order valence-corrected chi connectivity index (χ1v) is 13.0. The van der Waals surface area contributed by atoms with Crippen molar-refractivity contribution in [3.8, 4) is 11.5 Å². The number of nitrogens with one attached hydrogen (secondary N) is 1. The van der Waals surface area contributed by atoms with E-state index in [0.717, 1.165) is 19.5 Å². The number of carbonyl (C=O) groups is 2. The quantitative estimate of drug-likeness (QED) is 0.481. The summed E-state index contributed by atoms with van der Waals surface area (Å²) in [6.45, 7) is 3.52. The Bertz CT molecular complexity index is 1210. The highest BCUT2D eigenvalue weighted by Gasteiger charge is 2.39. The molecule has 0 spiro atoms. The van der Waals surface area contributed by atoms with Gasteiger partial charge in [-0.3, -0.25) is 14.5 Å². The van der Waals surface area contributed by atoms with E-state index >= 15 is 0 Å². The Morgan fingerprint density at radius 3 is 2.26 bits per heavy atom. The summed E-state index contributed by atoms with van der Waals surface area (Å²) in [6, 6.07) is 22.4. The number of hydrogen-bond acceptors (Lipinski definition) is 5. The molecule has 0 unspecified atom stereocenters. The van der Waals surface area contributed by atoms with Crippen molar-refractivity contribution in [1.29, 1.82) is 0 Å². The molecule has 0 bridgehead atoms. The fraction of sp³-hybridized carbons (Fsp3) is 0.333. The molecule has 0 aliphatic carbocycles. The number of morpholine rings is 1. The van der Waals surface area contributed by atoms with Crippen LogP contribution < -0.4 is 10.1 Å². The van der Waals surface area contributed by atoms with Crippen LogP contribution in [0.2, 0.25) is 0 Å². The third-order valence-electron chi connectivity index (χ3n) is 7.01. The van der Waals surface area contributed by atoms with Crippen LogP contribution in [0, 0.1) is 11.7 Å². The van der Waals surface area contributed by atoms with Crippen molar-refractivity contribution in [3.05, 3.63) is 90.2 Å². The maximum atomic E-state index is 13.4. The number of anilines is 1. The van der Waals surface area contributed by atoms with Crippen LogP contribution in [0.1, 0.15) is 12.0 Å². The fourth-order valence-electron chi connectivity index (χ4n) is 5.05. The minimum absolute atomic E-state index is 0.0225. The van der Waals surface area contributed by atoms with E-state index in [1.807, 2.05) is 18.2 Å². The minimum atomic E-state index is -0.535. The summed E-state index contributed by atoms with van der Waals surface area (Å²) in [6.07, 6.45) is 1.43. The number of amides is 2. The van der Waals surface area contributed by atoms with Crippen molar-refractivity contribution in [3.63, 3.8) is 0 Å². The number of ether oxygens (including phenoxy) is 2. The fourth-order valence-corrected chi connectivity index (χ4v) is 5.05. The first-order chi connectivity index (χ1) is 18.5. The van der Waals surface area contributed by atoms with E-state index < -0.39 is 6.04 Å². The Morgan fingerprint density at radius 2 is 1.58 bits per heavy atom. The lowest BCUT2D eigenvalue weighted by molar-refractivity contribution is -0.138. The molecule has 1 N–H and O–H groups in total. The van der Waals surface area contributed by atoms with Gasteiger partial charge in [-0.25, -0.2) is 4.39 Å². The summed E-state index contributed by atoms with van der Waals surface area (Å²) in [7, 11) is 0. The van der Waals surface area contributed by atoms with Crippen LogP contribution >= 0.6 is 0 Å². The first-order valence-electron chi connectivity index (χ1n) is 13.0. The summed E-state index contributed by atoms with van der Waals surface area (Å²) in [5.41, 5.74) is 1.82. The standard InChI is InChI=1S/C30H32FN3O4/c31-24-6-10-26(11-7-24)38-27-12-8-25(9-13-27)32-30(36)28-19-23(18-22-4-2-1-3-5-22)20-34(28)29(35)21-33-14-16-37-17-15-33/h1-13,23,28H,14-21H2,(H,32,36)/t23-,28+/m1/s1. The van der Waals surface area contributed by atoms with Crippen LogP contribution in [-0.4, -0.2) is 67.0 Å². The van der Waals surface area contributed by atoms with Gasteiger partial charge in [0.05, 0.1) is 19.8 Å². The van der Waals surface area contributed by atoms with E-state index in [-0.39, 0.29) is 23.5 Å². The zero-order valence-corrected chi connectivity index (χ0v) is 21.2. The van der Waals surface area contributed by atoms with E-state index in [0.29, 0.717) is 49.9 Å². The molecule has 2 fully saturated rings. The van der Waals surface area contributed by atoms with Gasteiger partial charge in [0, 0.05) is 25.3 Å². The van der Waals surface area contributed by atoms with Crippen molar-refractivity contribution >= 4 is 17.5 Å². The van der Waals surface area contributed by atoms with Crippen LogP contribution in [0.5, 0.6) is 11.5 Å². The van der Waals surface area contributed by atoms with Crippen LogP contribution in [0.4, 0.5) is 10.1 Å². The Hall–Kier alpha value is -3.75. The Kier molecular flexibility index (Phi) is 8.31. The van der Waals surface area contributed by atoms with E-state index in [1.54, 1.807) is 41.3 Å². The largest absolute Gasteiger partial charge is 0.457 e. The Balaban J connectivity index is 1.24. The number of rotatable bonds is 8. The number of nitrogens with zero attached hydrogens (tertiary/aromatic N) is 2. The number of benzene rings is 3. The molecule has 7 nitrogen and oxygen atoms in total. The van der Waals surface area contributed by atoms with Gasteiger partial charge in [-0.1, -0.05) is 30.3 Å². The van der Waals surface area contributed by atoms with Crippen LogP contribution in [0.25, 0.3) is 0 Å². The third-order valence-corrected chi connectivity index (χ3v) is 7.01. The molecule has 198 valence electrons. The maximum absolute atomic E-state index is 13.4. The molecule has 2 saturated heterocycles. The lowest BCUT2D eigenvalue weighted by Gasteiger charge is -2.30. The molecule has 3 aromatic carbocycles. The zero-order valence-electron chi connectivity index (χ0n) is 21.2. The average Bonchev–Trinajstić information content (AvgIpc) is 3.36. The molecule has 2 atom stereocenters. The summed E-state index contributed by atoms with van der Waals surface area (Å²) in [5.74, 6) is 0.751. The van der Waals surface area contributed by atoms with Crippen LogP contribution in [0.15, 0.2) is 78.9 Å². The molecule has 3 aromatic rings. The molecular weight excluding hydrogens is 485 g/mol. The molecule has 2 aliphatic rings. The van der Waals surface area contributed by atoms with Crippen molar-refractivity contribution in [2.45, 2.75) is 18.9 Å². The van der Waals surface area contributed by atoms with Gasteiger partial charge in [-0.15, -0.1) is 0 Å². The highest BCUT2D eigenvalue weighted by atomic mass is 19.1. The SMILES string of the molecule is O=C(Nc1ccc(Oc2ccc(F)cc2)cc1)[C@@H]1C[C@@H](Cc2ccccc2)CN1C(=O)CN1CCOCC1. The van der Waals surface area contributed by atoms with Crippen LogP contribution in [0.3, 0.4) is 0 Å². The van der Waals surface area contributed by atoms with Crippen molar-refractivity contribution in [2.75, 3.05) is 44.7 Å². The molecule has 0 radical (unpaired) electrons. The molecule has 0 aromatic heterocycles. The van der Waals surface area contributed by atoms with Crippen molar-refractivity contribution in [1.82, 2.24) is 9.80 Å². The second kappa shape index (κ2) is 12.2. The Labute approximate surface area is 222 Å². The normalized spacial score (nSPS) is 19.8. The van der Waals surface area contributed by atoms with Gasteiger partial charge in [-0.05, 0) is 72.9 Å². The first kappa shape index (κ1) is 25.9. The van der Waals surface area contributed by atoms with Crippen LogP contribution in [-0.2, 0) is 20.7 Å². The number of carbonyl (C=O) groups excluding carboxylic acids is 2. The molecule has 0 saturated carbocycles. The average molecular weight is 518 g/mol. The topological polar surface area (TPSA) is 71.1 Å². The number of likely N-dealkylation sites (tertiary alicyclic amines) is 1. The molecule has 2 aliphatic heterocycles. The van der Waals surface area contributed by atoms with E-state index in [1.165, 1.54) is 17.7 Å². The zero-order chi connectivity index (χ0) is 26.3. The van der Waals surface area contributed by atoms with Gasteiger partial charge in [0.1, 0.15) is 23.4 Å². The van der Waals surface area contributed by atoms with E-state index in [9.17, 15) is 14.0 Å². The highest BCUT2D eigenvalue weighted by molar-refractivity contribution is 5.97. The summed E-state index contributed by atoms with van der Waals surface area (Å²) in [4.78, 5) is 30.6. The van der Waals surface area contributed by atoms with E-state index in [2.05, 4.69) is 22.3 Å². The predicted molar refractivity (Wildman–Crippen MR) is 143 cm³/mol. The van der Waals surface area contributed by atoms with Gasteiger partial charge >= 0.3 is 0 Å².